The lowest BCUT2D eigenvalue weighted by Gasteiger charge is -2.09. The van der Waals surface area contributed by atoms with Crippen molar-refractivity contribution in [3.63, 3.8) is 0 Å². The molecule has 0 spiro atoms. The van der Waals surface area contributed by atoms with Gasteiger partial charge < -0.3 is 11.1 Å². The Labute approximate surface area is 109 Å². The van der Waals surface area contributed by atoms with E-state index in [4.69, 9.17) is 17.3 Å². The number of carbonyl (C=O) groups is 1. The van der Waals surface area contributed by atoms with Crippen LogP contribution in [0.2, 0.25) is 5.02 Å². The first-order valence-corrected chi connectivity index (χ1v) is 5.60. The summed E-state index contributed by atoms with van der Waals surface area (Å²) in [5.74, 6) is -0.319. The number of halogens is 1. The summed E-state index contributed by atoms with van der Waals surface area (Å²) in [6.07, 6.45) is 2.84. The third-order valence-electron chi connectivity index (χ3n) is 2.46. The molecule has 3 N–H and O–H groups in total. The van der Waals surface area contributed by atoms with E-state index in [0.29, 0.717) is 10.7 Å². The number of nitrogens with one attached hydrogen (secondary N) is 1. The minimum absolute atomic E-state index is 0.0923. The maximum absolute atomic E-state index is 12.0. The van der Waals surface area contributed by atoms with E-state index in [1.54, 1.807) is 18.2 Å². The molecular formula is C12H11ClN4O. The first-order valence-electron chi connectivity index (χ1n) is 5.22. The summed E-state index contributed by atoms with van der Waals surface area (Å²) in [5.41, 5.74) is 7.09. The predicted octanol–water partition coefficient (Wildman–Crippen LogP) is 2.27. The summed E-state index contributed by atoms with van der Waals surface area (Å²) < 4.78 is 0. The first kappa shape index (κ1) is 12.3. The molecule has 1 amide bonds. The van der Waals surface area contributed by atoms with Gasteiger partial charge in [0, 0.05) is 23.1 Å². The van der Waals surface area contributed by atoms with Gasteiger partial charge in [0.2, 0.25) is 0 Å². The summed E-state index contributed by atoms with van der Waals surface area (Å²) in [5, 5.41) is 3.29. The van der Waals surface area contributed by atoms with Crippen molar-refractivity contribution >= 4 is 29.0 Å². The second-order valence-corrected chi connectivity index (χ2v) is 4.06. The molecule has 1 aromatic heterocycles. The average molecular weight is 263 g/mol. The molecule has 0 unspecified atom stereocenters. The van der Waals surface area contributed by atoms with Crippen LogP contribution in [0.3, 0.4) is 0 Å². The number of nitrogen functional groups attached to an aromatic ring is 1. The molecule has 6 heteroatoms. The van der Waals surface area contributed by atoms with Gasteiger partial charge in [0.15, 0.2) is 11.5 Å². The fourth-order valence-corrected chi connectivity index (χ4v) is 1.62. The van der Waals surface area contributed by atoms with Gasteiger partial charge in [-0.2, -0.15) is 0 Å². The van der Waals surface area contributed by atoms with Crippen molar-refractivity contribution in [2.75, 3.05) is 11.1 Å². The molecule has 0 radical (unpaired) electrons. The Bertz CT molecular complexity index is 600. The molecule has 0 fully saturated rings. The monoisotopic (exact) mass is 262 g/mol. The zero-order valence-corrected chi connectivity index (χ0v) is 10.4. The topological polar surface area (TPSA) is 80.9 Å². The smallest absolute Gasteiger partial charge is 0.278 e. The average Bonchev–Trinajstić information content (AvgIpc) is 2.35. The van der Waals surface area contributed by atoms with Crippen LogP contribution < -0.4 is 11.1 Å². The highest BCUT2D eigenvalue weighted by Gasteiger charge is 2.13. The molecule has 0 bridgehead atoms. The maximum atomic E-state index is 12.0. The number of nitrogens with two attached hydrogens (primary N) is 1. The molecule has 1 heterocycles. The Morgan fingerprint density at radius 1 is 1.33 bits per heavy atom. The first-order chi connectivity index (χ1) is 8.59. The highest BCUT2D eigenvalue weighted by molar-refractivity contribution is 6.31. The largest absolute Gasteiger partial charge is 0.382 e. The SMILES string of the molecule is Cc1c(Cl)cccc1NC(=O)c1nccnc1N. The van der Waals surface area contributed by atoms with Crippen LogP contribution in [0, 0.1) is 6.92 Å². The summed E-state index contributed by atoms with van der Waals surface area (Å²) in [6.45, 7) is 1.82. The standard InChI is InChI=1S/C12H11ClN4O/c1-7-8(13)3-2-4-9(7)17-12(18)10-11(14)16-6-5-15-10/h2-6H,1H3,(H2,14,16)(H,17,18). The minimum atomic E-state index is -0.411. The normalized spacial score (nSPS) is 10.1. The van der Waals surface area contributed by atoms with Crippen molar-refractivity contribution in [1.82, 2.24) is 9.97 Å². The van der Waals surface area contributed by atoms with Gasteiger partial charge in [-0.1, -0.05) is 17.7 Å². The Kier molecular flexibility index (Phi) is 3.43. The van der Waals surface area contributed by atoms with Crippen LogP contribution in [0.4, 0.5) is 11.5 Å². The lowest BCUT2D eigenvalue weighted by molar-refractivity contribution is 0.102. The number of carbonyl (C=O) groups excluding carboxylic acids is 1. The van der Waals surface area contributed by atoms with Crippen LogP contribution in [0.1, 0.15) is 16.1 Å². The molecule has 1 aromatic carbocycles. The van der Waals surface area contributed by atoms with Gasteiger partial charge >= 0.3 is 0 Å². The zero-order chi connectivity index (χ0) is 13.1. The van der Waals surface area contributed by atoms with Gasteiger partial charge in [0.25, 0.3) is 5.91 Å². The van der Waals surface area contributed by atoms with E-state index in [1.807, 2.05) is 6.92 Å². The molecule has 2 rings (SSSR count). The number of anilines is 2. The molecule has 0 aliphatic heterocycles. The maximum Gasteiger partial charge on any atom is 0.278 e. The van der Waals surface area contributed by atoms with E-state index in [0.717, 1.165) is 5.56 Å². The molecule has 2 aromatic rings. The molecule has 0 saturated heterocycles. The molecule has 0 aliphatic rings. The fraction of sp³-hybridized carbons (Fsp3) is 0.0833. The van der Waals surface area contributed by atoms with Crippen LogP contribution in [-0.4, -0.2) is 15.9 Å². The van der Waals surface area contributed by atoms with Crippen molar-refractivity contribution < 1.29 is 4.79 Å². The highest BCUT2D eigenvalue weighted by Crippen LogP contribution is 2.23. The Hall–Kier alpha value is -2.14. The third kappa shape index (κ3) is 2.41. The van der Waals surface area contributed by atoms with Crippen molar-refractivity contribution in [3.05, 3.63) is 46.9 Å². The van der Waals surface area contributed by atoms with Gasteiger partial charge in [0.05, 0.1) is 0 Å². The van der Waals surface area contributed by atoms with Crippen molar-refractivity contribution in [2.24, 2.45) is 0 Å². The van der Waals surface area contributed by atoms with Crippen LogP contribution in [-0.2, 0) is 0 Å². The number of benzene rings is 1. The Balaban J connectivity index is 2.27. The van der Waals surface area contributed by atoms with Crippen LogP contribution in [0.15, 0.2) is 30.6 Å². The Morgan fingerprint density at radius 3 is 2.78 bits per heavy atom. The molecule has 0 atom stereocenters. The molecule has 0 aliphatic carbocycles. The lowest BCUT2D eigenvalue weighted by atomic mass is 10.2. The lowest BCUT2D eigenvalue weighted by Crippen LogP contribution is -2.17. The number of hydrogen-bond donors (Lipinski definition) is 2. The van der Waals surface area contributed by atoms with E-state index in [9.17, 15) is 4.79 Å². The summed E-state index contributed by atoms with van der Waals surface area (Å²) in [4.78, 5) is 19.7. The van der Waals surface area contributed by atoms with E-state index in [1.165, 1.54) is 12.4 Å². The molecule has 92 valence electrons. The summed E-state index contributed by atoms with van der Waals surface area (Å²) >= 11 is 5.97. The van der Waals surface area contributed by atoms with E-state index in [-0.39, 0.29) is 11.5 Å². The number of amides is 1. The second kappa shape index (κ2) is 5.01. The summed E-state index contributed by atoms with van der Waals surface area (Å²) in [7, 11) is 0. The van der Waals surface area contributed by atoms with E-state index >= 15 is 0 Å². The van der Waals surface area contributed by atoms with Gasteiger partial charge in [0.1, 0.15) is 0 Å². The van der Waals surface area contributed by atoms with Crippen molar-refractivity contribution in [1.29, 1.82) is 0 Å². The molecule has 18 heavy (non-hydrogen) atoms. The predicted molar refractivity (Wildman–Crippen MR) is 70.6 cm³/mol. The fourth-order valence-electron chi connectivity index (χ4n) is 1.45. The van der Waals surface area contributed by atoms with Gasteiger partial charge in [-0.05, 0) is 24.6 Å². The number of hydrogen-bond acceptors (Lipinski definition) is 4. The minimum Gasteiger partial charge on any atom is -0.382 e. The molecular weight excluding hydrogens is 252 g/mol. The Morgan fingerprint density at radius 2 is 2.06 bits per heavy atom. The second-order valence-electron chi connectivity index (χ2n) is 3.66. The van der Waals surface area contributed by atoms with Crippen LogP contribution in [0.5, 0.6) is 0 Å². The van der Waals surface area contributed by atoms with Crippen molar-refractivity contribution in [3.8, 4) is 0 Å². The molecule has 0 saturated carbocycles. The van der Waals surface area contributed by atoms with Gasteiger partial charge in [-0.25, -0.2) is 9.97 Å². The summed E-state index contributed by atoms with van der Waals surface area (Å²) in [6, 6.07) is 5.26. The quantitative estimate of drug-likeness (QED) is 0.870. The number of aromatic nitrogens is 2. The van der Waals surface area contributed by atoms with Gasteiger partial charge in [-0.15, -0.1) is 0 Å². The molecule has 5 nitrogen and oxygen atoms in total. The van der Waals surface area contributed by atoms with Crippen molar-refractivity contribution in [2.45, 2.75) is 6.92 Å². The zero-order valence-electron chi connectivity index (χ0n) is 9.64. The van der Waals surface area contributed by atoms with Gasteiger partial charge in [-0.3, -0.25) is 4.79 Å². The highest BCUT2D eigenvalue weighted by atomic mass is 35.5. The van der Waals surface area contributed by atoms with Crippen LogP contribution >= 0.6 is 11.6 Å². The van der Waals surface area contributed by atoms with Crippen LogP contribution in [0.25, 0.3) is 0 Å². The number of nitrogens with zero attached hydrogens (tertiary/aromatic N) is 2. The third-order valence-corrected chi connectivity index (χ3v) is 2.87. The van der Waals surface area contributed by atoms with E-state index in [2.05, 4.69) is 15.3 Å². The van der Waals surface area contributed by atoms with E-state index < -0.39 is 5.91 Å². The number of rotatable bonds is 2.